The molecule has 7 nitrogen and oxygen atoms in total. The molecule has 1 aromatic rings. The van der Waals surface area contributed by atoms with Gasteiger partial charge in [0.2, 0.25) is 5.88 Å². The molecule has 1 aliphatic rings. The van der Waals surface area contributed by atoms with Gasteiger partial charge in [-0.05, 0) is 19.4 Å². The SMILES string of the molecule is CC1(C(=O)O)CCN(C(=O)NCc2cccnc2OCC(F)F)C1. The van der Waals surface area contributed by atoms with E-state index in [-0.39, 0.29) is 19.0 Å². The molecule has 0 saturated carbocycles. The zero-order valence-corrected chi connectivity index (χ0v) is 13.2. The van der Waals surface area contributed by atoms with Crippen molar-refractivity contribution in [2.45, 2.75) is 26.3 Å². The summed E-state index contributed by atoms with van der Waals surface area (Å²) in [5.74, 6) is -0.900. The number of aliphatic carboxylic acids is 1. The summed E-state index contributed by atoms with van der Waals surface area (Å²) >= 11 is 0. The number of carbonyl (C=O) groups excluding carboxylic acids is 1. The molecule has 2 amide bonds. The molecule has 1 aliphatic heterocycles. The highest BCUT2D eigenvalue weighted by atomic mass is 19.3. The van der Waals surface area contributed by atoms with Gasteiger partial charge in [-0.2, -0.15) is 0 Å². The number of likely N-dealkylation sites (tertiary alicyclic amines) is 1. The van der Waals surface area contributed by atoms with E-state index >= 15 is 0 Å². The van der Waals surface area contributed by atoms with Crippen LogP contribution >= 0.6 is 0 Å². The molecule has 1 saturated heterocycles. The third kappa shape index (κ3) is 4.30. The Morgan fingerprint density at radius 1 is 1.54 bits per heavy atom. The Morgan fingerprint density at radius 3 is 2.92 bits per heavy atom. The summed E-state index contributed by atoms with van der Waals surface area (Å²) in [4.78, 5) is 28.6. The number of hydrogen-bond donors (Lipinski definition) is 2. The number of carboxylic acids is 1. The molecular weight excluding hydrogens is 324 g/mol. The van der Waals surface area contributed by atoms with Crippen molar-refractivity contribution in [1.82, 2.24) is 15.2 Å². The lowest BCUT2D eigenvalue weighted by Gasteiger charge is -2.20. The Morgan fingerprint density at radius 2 is 2.29 bits per heavy atom. The summed E-state index contributed by atoms with van der Waals surface area (Å²) in [5, 5.41) is 11.8. The zero-order chi connectivity index (χ0) is 17.7. The van der Waals surface area contributed by atoms with Crippen LogP contribution < -0.4 is 10.1 Å². The molecule has 0 aliphatic carbocycles. The number of nitrogens with zero attached hydrogens (tertiary/aromatic N) is 2. The van der Waals surface area contributed by atoms with Crippen molar-refractivity contribution < 1.29 is 28.2 Å². The van der Waals surface area contributed by atoms with Gasteiger partial charge in [-0.25, -0.2) is 18.6 Å². The molecule has 24 heavy (non-hydrogen) atoms. The Bertz CT molecular complexity index is 614. The molecule has 0 spiro atoms. The summed E-state index contributed by atoms with van der Waals surface area (Å²) in [7, 11) is 0. The average molecular weight is 343 g/mol. The van der Waals surface area contributed by atoms with Gasteiger partial charge in [0.05, 0.1) is 5.41 Å². The van der Waals surface area contributed by atoms with Crippen molar-refractivity contribution in [2.75, 3.05) is 19.7 Å². The monoisotopic (exact) mass is 343 g/mol. The molecule has 2 heterocycles. The first kappa shape index (κ1) is 17.9. The topological polar surface area (TPSA) is 91.8 Å². The Balaban J connectivity index is 1.92. The fourth-order valence-corrected chi connectivity index (χ4v) is 2.42. The molecule has 2 rings (SSSR count). The second-order valence-corrected chi connectivity index (χ2v) is 5.87. The second kappa shape index (κ2) is 7.41. The number of rotatable bonds is 6. The van der Waals surface area contributed by atoms with Crippen LogP contribution in [0.2, 0.25) is 0 Å². The number of alkyl halides is 2. The van der Waals surface area contributed by atoms with E-state index in [1.54, 1.807) is 19.1 Å². The van der Waals surface area contributed by atoms with E-state index in [1.807, 2.05) is 0 Å². The van der Waals surface area contributed by atoms with Gasteiger partial charge >= 0.3 is 12.0 Å². The van der Waals surface area contributed by atoms with Crippen LogP contribution in [0.25, 0.3) is 0 Å². The number of aromatic nitrogens is 1. The highest BCUT2D eigenvalue weighted by molar-refractivity contribution is 5.79. The van der Waals surface area contributed by atoms with Gasteiger partial charge in [0.1, 0.15) is 0 Å². The fraction of sp³-hybridized carbons (Fsp3) is 0.533. The van der Waals surface area contributed by atoms with Crippen molar-refractivity contribution in [1.29, 1.82) is 0 Å². The smallest absolute Gasteiger partial charge is 0.317 e. The molecule has 2 N–H and O–H groups in total. The van der Waals surface area contributed by atoms with E-state index in [0.29, 0.717) is 18.5 Å². The lowest BCUT2D eigenvalue weighted by atomic mass is 9.90. The third-order valence-corrected chi connectivity index (χ3v) is 3.90. The maximum Gasteiger partial charge on any atom is 0.317 e. The number of pyridine rings is 1. The third-order valence-electron chi connectivity index (χ3n) is 3.90. The molecule has 1 aromatic heterocycles. The van der Waals surface area contributed by atoms with Crippen LogP contribution in [0.3, 0.4) is 0 Å². The molecule has 0 radical (unpaired) electrons. The van der Waals surface area contributed by atoms with Crippen molar-refractivity contribution in [3.05, 3.63) is 23.9 Å². The minimum Gasteiger partial charge on any atom is -0.481 e. The van der Waals surface area contributed by atoms with Crippen LogP contribution in [0.1, 0.15) is 18.9 Å². The lowest BCUT2D eigenvalue weighted by Crippen LogP contribution is -2.40. The molecule has 132 valence electrons. The van der Waals surface area contributed by atoms with Crippen LogP contribution in [0, 0.1) is 5.41 Å². The summed E-state index contributed by atoms with van der Waals surface area (Å²) in [6.07, 6.45) is -0.830. The van der Waals surface area contributed by atoms with Crippen LogP contribution in [0.15, 0.2) is 18.3 Å². The number of hydrogen-bond acceptors (Lipinski definition) is 4. The van der Waals surface area contributed by atoms with E-state index in [0.717, 1.165) is 0 Å². The average Bonchev–Trinajstić information content (AvgIpc) is 2.95. The van der Waals surface area contributed by atoms with Crippen molar-refractivity contribution in [2.24, 2.45) is 5.41 Å². The highest BCUT2D eigenvalue weighted by Gasteiger charge is 2.42. The van der Waals surface area contributed by atoms with Crippen molar-refractivity contribution >= 4 is 12.0 Å². The van der Waals surface area contributed by atoms with E-state index in [9.17, 15) is 23.5 Å². The first-order chi connectivity index (χ1) is 11.3. The van der Waals surface area contributed by atoms with Crippen LogP contribution in [-0.2, 0) is 11.3 Å². The van der Waals surface area contributed by atoms with E-state index in [1.165, 1.54) is 11.1 Å². The number of ether oxygens (including phenoxy) is 1. The summed E-state index contributed by atoms with van der Waals surface area (Å²) in [6.45, 7) is 1.33. The Hall–Kier alpha value is -2.45. The highest BCUT2D eigenvalue weighted by Crippen LogP contribution is 2.30. The standard InChI is InChI=1S/C15H19F2N3O4/c1-15(13(21)22)4-6-20(9-15)14(23)19-7-10-3-2-5-18-12(10)24-8-11(16)17/h2-3,5,11H,4,6-9H2,1H3,(H,19,23)(H,21,22). The van der Waals surface area contributed by atoms with Gasteiger partial charge in [0, 0.05) is 31.4 Å². The van der Waals surface area contributed by atoms with Gasteiger partial charge in [-0.1, -0.05) is 6.07 Å². The minimum absolute atomic E-state index is 0.0369. The number of carbonyl (C=O) groups is 2. The molecule has 1 atom stereocenters. The first-order valence-electron chi connectivity index (χ1n) is 7.43. The van der Waals surface area contributed by atoms with Crippen LogP contribution in [-0.4, -0.2) is 53.1 Å². The lowest BCUT2D eigenvalue weighted by molar-refractivity contribution is -0.147. The van der Waals surface area contributed by atoms with Crippen LogP contribution in [0.4, 0.5) is 13.6 Å². The zero-order valence-electron chi connectivity index (χ0n) is 13.2. The fourth-order valence-electron chi connectivity index (χ4n) is 2.42. The molecule has 1 fully saturated rings. The molecule has 0 bridgehead atoms. The van der Waals surface area contributed by atoms with Crippen LogP contribution in [0.5, 0.6) is 5.88 Å². The van der Waals surface area contributed by atoms with E-state index in [4.69, 9.17) is 4.74 Å². The van der Waals surface area contributed by atoms with Gasteiger partial charge in [0.15, 0.2) is 6.61 Å². The molecule has 9 heteroatoms. The van der Waals surface area contributed by atoms with Gasteiger partial charge in [-0.3, -0.25) is 4.79 Å². The Kier molecular flexibility index (Phi) is 5.53. The normalized spacial score (nSPS) is 20.2. The summed E-state index contributed by atoms with van der Waals surface area (Å²) in [6, 6.07) is 2.80. The van der Waals surface area contributed by atoms with Gasteiger partial charge < -0.3 is 20.1 Å². The van der Waals surface area contributed by atoms with Gasteiger partial charge in [0.25, 0.3) is 6.43 Å². The predicted octanol–water partition coefficient (Wildman–Crippen LogP) is 1.73. The first-order valence-corrected chi connectivity index (χ1v) is 7.43. The maximum absolute atomic E-state index is 12.2. The minimum atomic E-state index is -2.62. The number of carboxylic acid groups (broad SMARTS) is 1. The predicted molar refractivity (Wildman–Crippen MR) is 79.9 cm³/mol. The van der Waals surface area contributed by atoms with E-state index < -0.39 is 30.4 Å². The quantitative estimate of drug-likeness (QED) is 0.821. The summed E-state index contributed by atoms with van der Waals surface area (Å²) < 4.78 is 29.4. The second-order valence-electron chi connectivity index (χ2n) is 5.87. The largest absolute Gasteiger partial charge is 0.481 e. The van der Waals surface area contributed by atoms with Crippen molar-refractivity contribution in [3.8, 4) is 5.88 Å². The van der Waals surface area contributed by atoms with Gasteiger partial charge in [-0.15, -0.1) is 0 Å². The Labute approximate surface area is 137 Å². The van der Waals surface area contributed by atoms with Crippen molar-refractivity contribution in [3.63, 3.8) is 0 Å². The number of nitrogens with one attached hydrogen (secondary N) is 1. The number of amides is 2. The molecule has 0 aromatic carbocycles. The summed E-state index contributed by atoms with van der Waals surface area (Å²) in [5.41, 5.74) is -0.483. The maximum atomic E-state index is 12.2. The van der Waals surface area contributed by atoms with E-state index in [2.05, 4.69) is 10.3 Å². The number of urea groups is 1. The molecular formula is C15H19F2N3O4. The molecule has 1 unspecified atom stereocenters. The number of halogens is 2.